The molecule has 0 amide bonds. The van der Waals surface area contributed by atoms with Crippen LogP contribution in [0.15, 0.2) is 48.5 Å². The van der Waals surface area contributed by atoms with Crippen LogP contribution in [0.3, 0.4) is 0 Å². The summed E-state index contributed by atoms with van der Waals surface area (Å²) in [5.74, 6) is 0.918. The summed E-state index contributed by atoms with van der Waals surface area (Å²) in [6.45, 7) is 6.66. The number of rotatable bonds is 14. The van der Waals surface area contributed by atoms with Crippen LogP contribution >= 0.6 is 0 Å². The van der Waals surface area contributed by atoms with Crippen molar-refractivity contribution in [3.63, 3.8) is 0 Å². The van der Waals surface area contributed by atoms with Gasteiger partial charge in [0.05, 0.1) is 25.7 Å². The van der Waals surface area contributed by atoms with Crippen molar-refractivity contribution in [1.29, 1.82) is 0 Å². The van der Waals surface area contributed by atoms with Crippen molar-refractivity contribution in [1.82, 2.24) is 0 Å². The molecule has 36 heavy (non-hydrogen) atoms. The summed E-state index contributed by atoms with van der Waals surface area (Å²) < 4.78 is 70.4. The van der Waals surface area contributed by atoms with E-state index in [1.807, 2.05) is 61.2 Å². The number of anilines is 2. The van der Waals surface area contributed by atoms with E-state index in [1.54, 1.807) is 20.3 Å². The Bertz CT molecular complexity index is 1090. The molecule has 0 radical (unpaired) electrons. The first kappa shape index (κ1) is 31.5. The van der Waals surface area contributed by atoms with Crippen LogP contribution in [-0.4, -0.2) is 77.8 Å². The molecule has 10 nitrogen and oxygen atoms in total. The maximum absolute atomic E-state index is 10.7. The number of ether oxygens (including phenoxy) is 2. The summed E-state index contributed by atoms with van der Waals surface area (Å²) in [6.07, 6.45) is 0.785. The van der Waals surface area contributed by atoms with Gasteiger partial charge in [-0.1, -0.05) is 18.2 Å². The number of para-hydroxylation sites is 1. The monoisotopic (exact) mass is 546 g/mol. The van der Waals surface area contributed by atoms with Crippen LogP contribution in [0.5, 0.6) is 11.5 Å². The second-order valence-electron chi connectivity index (χ2n) is 7.84. The molecular weight excluding hydrogens is 508 g/mol. The molecule has 0 heterocycles. The largest absolute Gasteiger partial charge is 0.497 e. The summed E-state index contributed by atoms with van der Waals surface area (Å²) in [6, 6.07) is 15.3. The fraction of sp³-hybridized carbons (Fsp3) is 0.500. The zero-order valence-electron chi connectivity index (χ0n) is 21.3. The molecule has 0 aromatic heterocycles. The maximum atomic E-state index is 10.7. The van der Waals surface area contributed by atoms with E-state index in [-0.39, 0.29) is 11.5 Å². The molecule has 0 bridgehead atoms. The summed E-state index contributed by atoms with van der Waals surface area (Å²) in [5, 5.41) is 0. The number of methoxy groups -OCH3 is 2. The highest BCUT2D eigenvalue weighted by molar-refractivity contribution is 7.86. The molecule has 0 atom stereocenters. The highest BCUT2D eigenvalue weighted by Gasteiger charge is 2.11. The number of hydrogen-bond donors (Lipinski definition) is 2. The third-order valence-electron chi connectivity index (χ3n) is 5.25. The van der Waals surface area contributed by atoms with Crippen molar-refractivity contribution in [3.05, 3.63) is 48.5 Å². The minimum Gasteiger partial charge on any atom is -0.497 e. The van der Waals surface area contributed by atoms with Gasteiger partial charge in [0.2, 0.25) is 0 Å². The Labute approximate surface area is 215 Å². The second-order valence-corrected chi connectivity index (χ2v) is 11.0. The predicted molar refractivity (Wildman–Crippen MR) is 144 cm³/mol. The Hall–Kier alpha value is -2.54. The predicted octanol–water partition coefficient (Wildman–Crippen LogP) is 3.60. The lowest BCUT2D eigenvalue weighted by molar-refractivity contribution is 0.394. The van der Waals surface area contributed by atoms with Gasteiger partial charge >= 0.3 is 0 Å². The van der Waals surface area contributed by atoms with E-state index in [0.717, 1.165) is 17.9 Å². The van der Waals surface area contributed by atoms with Crippen molar-refractivity contribution in [3.8, 4) is 11.5 Å². The van der Waals surface area contributed by atoms with Crippen LogP contribution in [-0.2, 0) is 20.2 Å². The van der Waals surface area contributed by atoms with Crippen LogP contribution in [0.2, 0.25) is 0 Å². The molecule has 2 rings (SSSR count). The lowest BCUT2D eigenvalue weighted by Crippen LogP contribution is -2.25. The summed E-state index contributed by atoms with van der Waals surface area (Å²) >= 11 is 0. The third kappa shape index (κ3) is 13.0. The summed E-state index contributed by atoms with van der Waals surface area (Å²) in [4.78, 5) is 4.07. The highest BCUT2D eigenvalue weighted by Crippen LogP contribution is 2.28. The zero-order valence-corrected chi connectivity index (χ0v) is 23.0. The van der Waals surface area contributed by atoms with Crippen LogP contribution in [0, 0.1) is 0 Å². The van der Waals surface area contributed by atoms with Crippen molar-refractivity contribution in [2.24, 2.45) is 0 Å². The SMILES string of the molecule is CCN(CCCS(=O)(=O)O)c1cc(OC)cc(OC)c1.CCN(CCCS(=O)(=O)O)c1ccccc1. The molecule has 2 aromatic rings. The molecule has 2 N–H and O–H groups in total. The molecule has 0 saturated heterocycles. The van der Waals surface area contributed by atoms with Gasteiger partial charge in [-0.3, -0.25) is 9.11 Å². The Kier molecular flexibility index (Phi) is 13.6. The van der Waals surface area contributed by atoms with Crippen LogP contribution in [0.4, 0.5) is 11.4 Å². The summed E-state index contributed by atoms with van der Waals surface area (Å²) in [7, 11) is -4.60. The van der Waals surface area contributed by atoms with E-state index >= 15 is 0 Å². The number of benzene rings is 2. The van der Waals surface area contributed by atoms with E-state index in [2.05, 4.69) is 4.90 Å². The minimum atomic E-state index is -3.91. The third-order valence-corrected chi connectivity index (χ3v) is 6.86. The van der Waals surface area contributed by atoms with Gasteiger partial charge in [0.25, 0.3) is 20.2 Å². The molecule has 0 aliphatic heterocycles. The molecule has 0 saturated carbocycles. The van der Waals surface area contributed by atoms with E-state index < -0.39 is 20.2 Å². The Morgan fingerprint density at radius 1 is 0.694 bits per heavy atom. The lowest BCUT2D eigenvalue weighted by Gasteiger charge is -2.24. The van der Waals surface area contributed by atoms with Gasteiger partial charge in [-0.05, 0) is 38.8 Å². The van der Waals surface area contributed by atoms with E-state index in [1.165, 1.54) is 0 Å². The van der Waals surface area contributed by atoms with Crippen molar-refractivity contribution in [2.45, 2.75) is 26.7 Å². The van der Waals surface area contributed by atoms with E-state index in [4.69, 9.17) is 18.6 Å². The van der Waals surface area contributed by atoms with Gasteiger partial charge in [0.15, 0.2) is 0 Å². The van der Waals surface area contributed by atoms with E-state index in [0.29, 0.717) is 44.0 Å². The van der Waals surface area contributed by atoms with Gasteiger partial charge in [-0.25, -0.2) is 0 Å². The number of hydrogen-bond acceptors (Lipinski definition) is 8. The fourth-order valence-corrected chi connectivity index (χ4v) is 4.42. The molecule has 0 aliphatic carbocycles. The molecule has 2 aromatic carbocycles. The zero-order chi connectivity index (χ0) is 27.2. The van der Waals surface area contributed by atoms with Gasteiger partial charge in [-0.15, -0.1) is 0 Å². The quantitative estimate of drug-likeness (QED) is 0.339. The first-order valence-electron chi connectivity index (χ1n) is 11.6. The van der Waals surface area contributed by atoms with Crippen molar-refractivity contribution >= 4 is 31.6 Å². The first-order valence-corrected chi connectivity index (χ1v) is 14.8. The van der Waals surface area contributed by atoms with Crippen molar-refractivity contribution in [2.75, 3.05) is 61.7 Å². The van der Waals surface area contributed by atoms with Crippen LogP contribution in [0.25, 0.3) is 0 Å². The molecule has 0 aliphatic rings. The Balaban J connectivity index is 0.000000369. The molecule has 12 heteroatoms. The number of nitrogens with zero attached hydrogens (tertiary/aromatic N) is 2. The topological polar surface area (TPSA) is 134 Å². The molecular formula is C24H38N2O8S2. The Morgan fingerprint density at radius 2 is 1.11 bits per heavy atom. The van der Waals surface area contributed by atoms with Crippen molar-refractivity contribution < 1.29 is 35.4 Å². The van der Waals surface area contributed by atoms with Crippen LogP contribution < -0.4 is 19.3 Å². The Morgan fingerprint density at radius 3 is 1.47 bits per heavy atom. The highest BCUT2D eigenvalue weighted by atomic mass is 32.2. The summed E-state index contributed by atoms with van der Waals surface area (Å²) in [5.41, 5.74) is 1.96. The minimum absolute atomic E-state index is 0.184. The smallest absolute Gasteiger partial charge is 0.264 e. The second kappa shape index (κ2) is 15.5. The first-order chi connectivity index (χ1) is 16.9. The average Bonchev–Trinajstić information content (AvgIpc) is 2.83. The van der Waals surface area contributed by atoms with Gasteiger partial charge in [0, 0.05) is 55.8 Å². The van der Waals surface area contributed by atoms with Gasteiger partial charge < -0.3 is 19.3 Å². The van der Waals surface area contributed by atoms with Gasteiger partial charge in [0.1, 0.15) is 11.5 Å². The standard InChI is InChI=1S/C13H21NO5S.C11H17NO3S/c1-4-14(6-5-7-20(15,16)17)11-8-12(18-2)10-13(9-11)19-3;1-2-12(9-6-10-16(13,14)15)11-7-4-3-5-8-11/h8-10H,4-7H2,1-3H3,(H,15,16,17);3-5,7-8H,2,6,9-10H2,1H3,(H,13,14,15). The average molecular weight is 547 g/mol. The normalized spacial score (nSPS) is 11.3. The van der Waals surface area contributed by atoms with E-state index in [9.17, 15) is 16.8 Å². The maximum Gasteiger partial charge on any atom is 0.264 e. The van der Waals surface area contributed by atoms with Gasteiger partial charge in [-0.2, -0.15) is 16.8 Å². The molecule has 204 valence electrons. The lowest BCUT2D eigenvalue weighted by atomic mass is 10.2. The van der Waals surface area contributed by atoms with Crippen LogP contribution in [0.1, 0.15) is 26.7 Å². The molecule has 0 unspecified atom stereocenters. The fourth-order valence-electron chi connectivity index (χ4n) is 3.43. The molecule has 0 fully saturated rings. The molecule has 0 spiro atoms.